The van der Waals surface area contributed by atoms with E-state index in [0.29, 0.717) is 4.47 Å². The highest BCUT2D eigenvalue weighted by Gasteiger charge is 2.13. The van der Waals surface area contributed by atoms with Crippen LogP contribution in [0.3, 0.4) is 0 Å². The van der Waals surface area contributed by atoms with Gasteiger partial charge in [0, 0.05) is 22.9 Å². The molecule has 0 amide bonds. The summed E-state index contributed by atoms with van der Waals surface area (Å²) in [5.74, 6) is -1.24. The Morgan fingerprint density at radius 1 is 1.17 bits per heavy atom. The van der Waals surface area contributed by atoms with Gasteiger partial charge in [-0.1, -0.05) is 15.9 Å². The highest BCUT2D eigenvalue weighted by molar-refractivity contribution is 9.10. The van der Waals surface area contributed by atoms with E-state index in [-0.39, 0.29) is 11.7 Å². The van der Waals surface area contributed by atoms with Crippen molar-refractivity contribution in [3.8, 4) is 0 Å². The molecule has 1 aromatic heterocycles. The van der Waals surface area contributed by atoms with E-state index in [1.54, 1.807) is 24.5 Å². The zero-order chi connectivity index (χ0) is 13.1. The Hall–Kier alpha value is -1.49. The topological polar surface area (TPSA) is 24.9 Å². The van der Waals surface area contributed by atoms with Crippen molar-refractivity contribution in [2.24, 2.45) is 0 Å². The standard InChI is InChI=1S/C13H11BrF2N2/c1-8(9-2-4-17-5-3-9)18-13-11(15)6-10(14)7-12(13)16/h2-8,18H,1H3. The largest absolute Gasteiger partial charge is 0.374 e. The third-order valence-corrected chi connectivity index (χ3v) is 3.03. The van der Waals surface area contributed by atoms with Crippen LogP contribution in [0.15, 0.2) is 41.1 Å². The molecule has 2 rings (SSSR count). The van der Waals surface area contributed by atoms with Crippen LogP contribution >= 0.6 is 15.9 Å². The van der Waals surface area contributed by atoms with Crippen LogP contribution in [0.25, 0.3) is 0 Å². The maximum atomic E-state index is 13.6. The van der Waals surface area contributed by atoms with Gasteiger partial charge in [-0.3, -0.25) is 4.98 Å². The molecule has 1 unspecified atom stereocenters. The van der Waals surface area contributed by atoms with Gasteiger partial charge in [0.15, 0.2) is 0 Å². The van der Waals surface area contributed by atoms with Gasteiger partial charge in [0.05, 0.1) is 0 Å². The van der Waals surface area contributed by atoms with E-state index in [0.717, 1.165) is 5.56 Å². The first-order valence-corrected chi connectivity index (χ1v) is 6.18. The molecule has 94 valence electrons. The average Bonchev–Trinajstić information content (AvgIpc) is 2.34. The van der Waals surface area contributed by atoms with Crippen LogP contribution in [0.4, 0.5) is 14.5 Å². The van der Waals surface area contributed by atoms with Crippen LogP contribution < -0.4 is 5.32 Å². The van der Waals surface area contributed by atoms with Crippen LogP contribution in [0.2, 0.25) is 0 Å². The lowest BCUT2D eigenvalue weighted by Crippen LogP contribution is -2.09. The summed E-state index contributed by atoms with van der Waals surface area (Å²) in [6.45, 7) is 1.83. The lowest BCUT2D eigenvalue weighted by molar-refractivity contribution is 0.583. The highest BCUT2D eigenvalue weighted by atomic mass is 79.9. The number of pyridine rings is 1. The van der Waals surface area contributed by atoms with Gasteiger partial charge in [0.1, 0.15) is 17.3 Å². The maximum absolute atomic E-state index is 13.6. The van der Waals surface area contributed by atoms with Crippen molar-refractivity contribution < 1.29 is 8.78 Å². The van der Waals surface area contributed by atoms with Gasteiger partial charge in [-0.2, -0.15) is 0 Å². The Morgan fingerprint density at radius 3 is 2.28 bits per heavy atom. The number of hydrogen-bond donors (Lipinski definition) is 1. The summed E-state index contributed by atoms with van der Waals surface area (Å²) < 4.78 is 27.7. The summed E-state index contributed by atoms with van der Waals surface area (Å²) >= 11 is 3.04. The molecular formula is C13H11BrF2N2. The van der Waals surface area contributed by atoms with Crippen molar-refractivity contribution in [2.45, 2.75) is 13.0 Å². The summed E-state index contributed by atoms with van der Waals surface area (Å²) in [5.41, 5.74) is 0.786. The van der Waals surface area contributed by atoms with E-state index in [1.165, 1.54) is 12.1 Å². The van der Waals surface area contributed by atoms with Crippen LogP contribution in [0.5, 0.6) is 0 Å². The molecule has 0 bridgehead atoms. The highest BCUT2D eigenvalue weighted by Crippen LogP contribution is 2.27. The molecule has 0 radical (unpaired) electrons. The van der Waals surface area contributed by atoms with E-state index in [4.69, 9.17) is 0 Å². The van der Waals surface area contributed by atoms with Gasteiger partial charge in [-0.05, 0) is 36.8 Å². The zero-order valence-corrected chi connectivity index (χ0v) is 11.2. The van der Waals surface area contributed by atoms with Gasteiger partial charge in [0.2, 0.25) is 0 Å². The second kappa shape index (κ2) is 5.44. The van der Waals surface area contributed by atoms with Gasteiger partial charge in [-0.25, -0.2) is 8.78 Å². The van der Waals surface area contributed by atoms with E-state index in [1.807, 2.05) is 6.92 Å². The van der Waals surface area contributed by atoms with Crippen LogP contribution in [0, 0.1) is 11.6 Å². The van der Waals surface area contributed by atoms with Gasteiger partial charge in [0.25, 0.3) is 0 Å². The van der Waals surface area contributed by atoms with Crippen LogP contribution in [-0.2, 0) is 0 Å². The number of hydrogen-bond acceptors (Lipinski definition) is 2. The van der Waals surface area contributed by atoms with Crippen molar-refractivity contribution in [1.82, 2.24) is 4.98 Å². The fourth-order valence-corrected chi connectivity index (χ4v) is 2.03. The number of nitrogens with zero attached hydrogens (tertiary/aromatic N) is 1. The molecule has 0 spiro atoms. The molecule has 5 heteroatoms. The minimum atomic E-state index is -0.622. The van der Waals surface area contributed by atoms with E-state index < -0.39 is 11.6 Å². The molecule has 1 heterocycles. The Morgan fingerprint density at radius 2 is 1.72 bits per heavy atom. The molecule has 1 N–H and O–H groups in total. The summed E-state index contributed by atoms with van der Waals surface area (Å²) in [6, 6.07) is 5.84. The average molecular weight is 313 g/mol. The lowest BCUT2D eigenvalue weighted by atomic mass is 10.1. The zero-order valence-electron chi connectivity index (χ0n) is 9.62. The number of anilines is 1. The van der Waals surface area contributed by atoms with Gasteiger partial charge in [-0.15, -0.1) is 0 Å². The number of halogens is 3. The maximum Gasteiger partial charge on any atom is 0.150 e. The third kappa shape index (κ3) is 2.85. The number of rotatable bonds is 3. The normalized spacial score (nSPS) is 12.2. The summed E-state index contributed by atoms with van der Waals surface area (Å²) in [4.78, 5) is 3.90. The van der Waals surface area contributed by atoms with Gasteiger partial charge < -0.3 is 5.32 Å². The fourth-order valence-electron chi connectivity index (χ4n) is 1.63. The predicted molar refractivity (Wildman–Crippen MR) is 70.3 cm³/mol. The van der Waals surface area contributed by atoms with E-state index in [2.05, 4.69) is 26.2 Å². The molecule has 0 aliphatic rings. The first-order chi connectivity index (χ1) is 8.58. The summed E-state index contributed by atoms with van der Waals surface area (Å²) in [7, 11) is 0. The molecule has 1 atom stereocenters. The molecule has 2 aromatic rings. The second-order valence-corrected chi connectivity index (χ2v) is 4.81. The summed E-state index contributed by atoms with van der Waals surface area (Å²) in [5, 5.41) is 2.82. The van der Waals surface area contributed by atoms with Crippen LogP contribution in [-0.4, -0.2) is 4.98 Å². The number of benzene rings is 1. The van der Waals surface area contributed by atoms with Crippen molar-refractivity contribution in [2.75, 3.05) is 5.32 Å². The molecule has 2 nitrogen and oxygen atoms in total. The Bertz CT molecular complexity index is 523. The summed E-state index contributed by atoms with van der Waals surface area (Å²) in [6.07, 6.45) is 3.28. The Labute approximate surface area is 112 Å². The fraction of sp³-hybridized carbons (Fsp3) is 0.154. The quantitative estimate of drug-likeness (QED) is 0.914. The van der Waals surface area contributed by atoms with Crippen molar-refractivity contribution >= 4 is 21.6 Å². The molecule has 18 heavy (non-hydrogen) atoms. The number of aromatic nitrogens is 1. The molecule has 0 saturated carbocycles. The lowest BCUT2D eigenvalue weighted by Gasteiger charge is -2.16. The van der Waals surface area contributed by atoms with E-state index in [9.17, 15) is 8.78 Å². The molecule has 0 fully saturated rings. The molecule has 0 aliphatic carbocycles. The SMILES string of the molecule is CC(Nc1c(F)cc(Br)cc1F)c1ccncc1. The van der Waals surface area contributed by atoms with Crippen molar-refractivity contribution in [1.29, 1.82) is 0 Å². The minimum Gasteiger partial charge on any atom is -0.374 e. The Kier molecular flexibility index (Phi) is 3.91. The Balaban J connectivity index is 2.25. The third-order valence-electron chi connectivity index (χ3n) is 2.57. The second-order valence-electron chi connectivity index (χ2n) is 3.89. The molecule has 0 saturated heterocycles. The molecule has 0 aliphatic heterocycles. The molecular weight excluding hydrogens is 302 g/mol. The molecule has 1 aromatic carbocycles. The predicted octanol–water partition coefficient (Wildman–Crippen LogP) is 4.30. The smallest absolute Gasteiger partial charge is 0.150 e. The van der Waals surface area contributed by atoms with Gasteiger partial charge >= 0.3 is 0 Å². The van der Waals surface area contributed by atoms with Crippen molar-refractivity contribution in [3.63, 3.8) is 0 Å². The van der Waals surface area contributed by atoms with Crippen molar-refractivity contribution in [3.05, 3.63) is 58.3 Å². The first kappa shape index (κ1) is 13.0. The van der Waals surface area contributed by atoms with E-state index >= 15 is 0 Å². The number of nitrogens with one attached hydrogen (secondary N) is 1. The monoisotopic (exact) mass is 312 g/mol. The first-order valence-electron chi connectivity index (χ1n) is 5.39. The van der Waals surface area contributed by atoms with Crippen LogP contribution in [0.1, 0.15) is 18.5 Å². The minimum absolute atomic E-state index is 0.123.